The summed E-state index contributed by atoms with van der Waals surface area (Å²) in [7, 11) is 0. The van der Waals surface area contributed by atoms with Crippen LogP contribution >= 0.6 is 0 Å². The Morgan fingerprint density at radius 3 is 2.32 bits per heavy atom. The van der Waals surface area contributed by atoms with Crippen molar-refractivity contribution >= 4 is 5.69 Å². The van der Waals surface area contributed by atoms with E-state index in [9.17, 15) is 10.1 Å². The first-order valence-electron chi connectivity index (χ1n) is 8.15. The molecule has 0 aromatic heterocycles. The fourth-order valence-electron chi connectivity index (χ4n) is 3.44. The number of non-ortho nitro benzene ring substituents is 1. The van der Waals surface area contributed by atoms with Crippen LogP contribution in [0, 0.1) is 10.1 Å². The molecule has 3 rings (SSSR count). The van der Waals surface area contributed by atoms with Crippen LogP contribution in [0.3, 0.4) is 0 Å². The Morgan fingerprint density at radius 2 is 1.73 bits per heavy atom. The average Bonchev–Trinajstić information content (AvgIpc) is 3.08. The van der Waals surface area contributed by atoms with Gasteiger partial charge in [0.05, 0.1) is 4.92 Å². The summed E-state index contributed by atoms with van der Waals surface area (Å²) in [5, 5.41) is 14.2. The van der Waals surface area contributed by atoms with Gasteiger partial charge in [-0.1, -0.05) is 12.1 Å². The predicted molar refractivity (Wildman–Crippen MR) is 86.0 cm³/mol. The molecule has 2 aliphatic heterocycles. The third kappa shape index (κ3) is 3.63. The van der Waals surface area contributed by atoms with Gasteiger partial charge < -0.3 is 5.32 Å². The number of likely N-dealkylation sites (tertiary alicyclic amines) is 1. The average molecular weight is 304 g/mol. The summed E-state index contributed by atoms with van der Waals surface area (Å²) >= 11 is 0. The Hall–Kier alpha value is -1.50. The molecule has 1 aromatic carbocycles. The first-order valence-corrected chi connectivity index (χ1v) is 8.15. The lowest BCUT2D eigenvalue weighted by atomic mass is 10.0. The minimum atomic E-state index is -0.328. The predicted octanol–water partition coefficient (Wildman–Crippen LogP) is 1.64. The second-order valence-corrected chi connectivity index (χ2v) is 6.16. The molecule has 0 spiro atoms. The molecule has 120 valence electrons. The van der Waals surface area contributed by atoms with Crippen LogP contribution in [0.4, 0.5) is 5.69 Å². The highest BCUT2D eigenvalue weighted by molar-refractivity contribution is 5.34. The lowest BCUT2D eigenvalue weighted by molar-refractivity contribution is -0.384. The molecule has 2 fully saturated rings. The maximum absolute atomic E-state index is 10.8. The minimum absolute atomic E-state index is 0.172. The molecule has 0 radical (unpaired) electrons. The number of nitro benzene ring substituents is 1. The third-order valence-electron chi connectivity index (χ3n) is 4.71. The Labute approximate surface area is 131 Å². The molecule has 1 aromatic rings. The molecule has 2 saturated heterocycles. The van der Waals surface area contributed by atoms with Crippen molar-refractivity contribution < 1.29 is 4.92 Å². The summed E-state index contributed by atoms with van der Waals surface area (Å²) in [5.74, 6) is 0. The molecular formula is C16H24N4O2. The zero-order valence-electron chi connectivity index (χ0n) is 12.9. The van der Waals surface area contributed by atoms with Gasteiger partial charge in [-0.05, 0) is 31.5 Å². The summed E-state index contributed by atoms with van der Waals surface area (Å²) in [6.07, 6.45) is 2.51. The van der Waals surface area contributed by atoms with Gasteiger partial charge in [0.2, 0.25) is 0 Å². The number of benzene rings is 1. The van der Waals surface area contributed by atoms with Crippen molar-refractivity contribution in [2.75, 3.05) is 45.8 Å². The van der Waals surface area contributed by atoms with Gasteiger partial charge in [0, 0.05) is 50.9 Å². The fraction of sp³-hybridized carbons (Fsp3) is 0.625. The van der Waals surface area contributed by atoms with Gasteiger partial charge in [-0.2, -0.15) is 0 Å². The highest BCUT2D eigenvalue weighted by Crippen LogP contribution is 2.27. The lowest BCUT2D eigenvalue weighted by Gasteiger charge is -2.35. The lowest BCUT2D eigenvalue weighted by Crippen LogP contribution is -2.47. The topological polar surface area (TPSA) is 61.7 Å². The van der Waals surface area contributed by atoms with Gasteiger partial charge in [0.1, 0.15) is 0 Å². The van der Waals surface area contributed by atoms with Crippen LogP contribution in [-0.4, -0.2) is 60.5 Å². The second kappa shape index (κ2) is 7.17. The van der Waals surface area contributed by atoms with Crippen LogP contribution < -0.4 is 5.32 Å². The number of nitrogens with one attached hydrogen (secondary N) is 1. The van der Waals surface area contributed by atoms with Gasteiger partial charge in [0.25, 0.3) is 5.69 Å². The van der Waals surface area contributed by atoms with Gasteiger partial charge in [-0.25, -0.2) is 0 Å². The zero-order valence-corrected chi connectivity index (χ0v) is 12.9. The number of nitrogens with zero attached hydrogens (tertiary/aromatic N) is 3. The van der Waals surface area contributed by atoms with Crippen LogP contribution in [0.15, 0.2) is 24.3 Å². The second-order valence-electron chi connectivity index (χ2n) is 6.16. The fourth-order valence-corrected chi connectivity index (χ4v) is 3.44. The Morgan fingerprint density at radius 1 is 1.09 bits per heavy atom. The molecule has 1 N–H and O–H groups in total. The third-order valence-corrected chi connectivity index (χ3v) is 4.71. The van der Waals surface area contributed by atoms with E-state index in [2.05, 4.69) is 15.1 Å². The SMILES string of the molecule is O=[N+]([O-])c1ccc(C(CN2CCNCC2)N2CCCC2)cc1. The molecule has 1 unspecified atom stereocenters. The first-order chi connectivity index (χ1) is 10.7. The molecule has 0 aliphatic carbocycles. The summed E-state index contributed by atoms with van der Waals surface area (Å²) in [5.41, 5.74) is 1.37. The van der Waals surface area contributed by atoms with Gasteiger partial charge in [-0.3, -0.25) is 19.9 Å². The van der Waals surface area contributed by atoms with Crippen LogP contribution in [-0.2, 0) is 0 Å². The highest BCUT2D eigenvalue weighted by Gasteiger charge is 2.26. The standard InChI is InChI=1S/C16H24N4O2/c21-20(22)15-5-3-14(4-6-15)16(19-9-1-2-10-19)13-18-11-7-17-8-12-18/h3-6,16-17H,1-2,7-13H2. The summed E-state index contributed by atoms with van der Waals surface area (Å²) in [6, 6.07) is 7.49. The largest absolute Gasteiger partial charge is 0.314 e. The van der Waals surface area contributed by atoms with E-state index in [-0.39, 0.29) is 10.6 Å². The van der Waals surface area contributed by atoms with Crippen molar-refractivity contribution in [3.63, 3.8) is 0 Å². The van der Waals surface area contributed by atoms with Gasteiger partial charge >= 0.3 is 0 Å². The van der Waals surface area contributed by atoms with E-state index < -0.39 is 0 Å². The Bertz CT molecular complexity index is 493. The number of piperazine rings is 1. The molecule has 2 aliphatic rings. The smallest absolute Gasteiger partial charge is 0.269 e. The van der Waals surface area contributed by atoms with E-state index in [1.807, 2.05) is 12.1 Å². The van der Waals surface area contributed by atoms with E-state index >= 15 is 0 Å². The molecule has 22 heavy (non-hydrogen) atoms. The van der Waals surface area contributed by atoms with Gasteiger partial charge in [0.15, 0.2) is 0 Å². The maximum atomic E-state index is 10.8. The number of nitro groups is 1. The quantitative estimate of drug-likeness (QED) is 0.662. The maximum Gasteiger partial charge on any atom is 0.269 e. The van der Waals surface area contributed by atoms with E-state index in [0.29, 0.717) is 6.04 Å². The normalized spacial score (nSPS) is 21.8. The summed E-state index contributed by atoms with van der Waals surface area (Å²) in [4.78, 5) is 15.5. The molecule has 2 heterocycles. The monoisotopic (exact) mass is 304 g/mol. The first kappa shape index (κ1) is 15.4. The van der Waals surface area contributed by atoms with E-state index in [4.69, 9.17) is 0 Å². The Kier molecular flexibility index (Phi) is 5.02. The number of hydrogen-bond donors (Lipinski definition) is 1. The van der Waals surface area contributed by atoms with Crippen LogP contribution in [0.2, 0.25) is 0 Å². The minimum Gasteiger partial charge on any atom is -0.314 e. The van der Waals surface area contributed by atoms with Crippen LogP contribution in [0.25, 0.3) is 0 Å². The van der Waals surface area contributed by atoms with Crippen molar-refractivity contribution in [2.45, 2.75) is 18.9 Å². The Balaban J connectivity index is 1.75. The van der Waals surface area contributed by atoms with Crippen molar-refractivity contribution in [1.29, 1.82) is 0 Å². The van der Waals surface area contributed by atoms with Crippen molar-refractivity contribution in [3.8, 4) is 0 Å². The van der Waals surface area contributed by atoms with Crippen LogP contribution in [0.1, 0.15) is 24.4 Å². The number of hydrogen-bond acceptors (Lipinski definition) is 5. The summed E-state index contributed by atoms with van der Waals surface area (Å²) in [6.45, 7) is 7.54. The van der Waals surface area contributed by atoms with E-state index in [0.717, 1.165) is 45.8 Å². The molecule has 0 amide bonds. The molecular weight excluding hydrogens is 280 g/mol. The van der Waals surface area contributed by atoms with Gasteiger partial charge in [-0.15, -0.1) is 0 Å². The molecule has 0 bridgehead atoms. The van der Waals surface area contributed by atoms with Crippen molar-refractivity contribution in [1.82, 2.24) is 15.1 Å². The van der Waals surface area contributed by atoms with Crippen molar-refractivity contribution in [3.05, 3.63) is 39.9 Å². The summed E-state index contributed by atoms with van der Waals surface area (Å²) < 4.78 is 0. The molecule has 6 nitrogen and oxygen atoms in total. The zero-order chi connectivity index (χ0) is 15.4. The highest BCUT2D eigenvalue weighted by atomic mass is 16.6. The molecule has 1 atom stereocenters. The van der Waals surface area contributed by atoms with Crippen LogP contribution in [0.5, 0.6) is 0 Å². The van der Waals surface area contributed by atoms with Crippen molar-refractivity contribution in [2.24, 2.45) is 0 Å². The van der Waals surface area contributed by atoms with E-state index in [1.54, 1.807) is 12.1 Å². The number of rotatable bonds is 5. The molecule has 0 saturated carbocycles. The van der Waals surface area contributed by atoms with E-state index in [1.165, 1.54) is 18.4 Å². The molecule has 6 heteroatoms.